The van der Waals surface area contributed by atoms with Crippen LogP contribution in [0.4, 0.5) is 0 Å². The summed E-state index contributed by atoms with van der Waals surface area (Å²) in [5.41, 5.74) is 6.22. The van der Waals surface area contributed by atoms with Gasteiger partial charge in [0, 0.05) is 22.5 Å². The van der Waals surface area contributed by atoms with Gasteiger partial charge in [0.2, 0.25) is 0 Å². The second kappa shape index (κ2) is 6.66. The van der Waals surface area contributed by atoms with Crippen molar-refractivity contribution in [1.82, 2.24) is 4.98 Å². The lowest BCUT2D eigenvalue weighted by Crippen LogP contribution is -1.88. The van der Waals surface area contributed by atoms with E-state index >= 15 is 0 Å². The highest BCUT2D eigenvalue weighted by Crippen LogP contribution is 2.41. The average Bonchev–Trinajstić information content (AvgIpc) is 3.23. The molecule has 2 heteroatoms. The fraction of sp³-hybridized carbons (Fsp3) is 0.0645. The summed E-state index contributed by atoms with van der Waals surface area (Å²) in [6.45, 7) is 4.22. The maximum atomic E-state index is 6.54. The summed E-state index contributed by atoms with van der Waals surface area (Å²) < 4.78 is 6.54. The van der Waals surface area contributed by atoms with Crippen LogP contribution in [0.5, 0.6) is 0 Å². The molecule has 0 radical (unpaired) electrons. The van der Waals surface area contributed by atoms with E-state index < -0.39 is 0 Å². The summed E-state index contributed by atoms with van der Waals surface area (Å²) in [5.74, 6) is 0. The monoisotopic (exact) mass is 423 g/mol. The lowest BCUT2D eigenvalue weighted by molar-refractivity contribution is 0.670. The third kappa shape index (κ3) is 2.58. The van der Waals surface area contributed by atoms with Gasteiger partial charge in [0.05, 0.1) is 5.69 Å². The van der Waals surface area contributed by atoms with E-state index in [4.69, 9.17) is 9.40 Å². The third-order valence-corrected chi connectivity index (χ3v) is 7.01. The highest BCUT2D eigenvalue weighted by Gasteiger charge is 2.16. The fourth-order valence-corrected chi connectivity index (χ4v) is 5.17. The Balaban J connectivity index is 1.63. The molecule has 7 aromatic rings. The minimum atomic E-state index is 0.896. The van der Waals surface area contributed by atoms with E-state index in [1.807, 2.05) is 6.20 Å². The Hall–Kier alpha value is -4.17. The zero-order chi connectivity index (χ0) is 22.1. The number of furan rings is 1. The minimum Gasteiger partial charge on any atom is -0.455 e. The molecule has 2 aromatic heterocycles. The number of para-hydroxylation sites is 1. The van der Waals surface area contributed by atoms with Gasteiger partial charge in [0.25, 0.3) is 0 Å². The van der Waals surface area contributed by atoms with Crippen molar-refractivity contribution >= 4 is 54.3 Å². The number of fused-ring (bicyclic) bond motifs is 9. The van der Waals surface area contributed by atoms with Gasteiger partial charge in [-0.15, -0.1) is 0 Å². The molecule has 5 aromatic carbocycles. The number of benzene rings is 5. The van der Waals surface area contributed by atoms with Crippen LogP contribution >= 0.6 is 0 Å². The normalized spacial score (nSPS) is 11.9. The second-order valence-corrected chi connectivity index (χ2v) is 8.92. The molecular weight excluding hydrogens is 402 g/mol. The third-order valence-electron chi connectivity index (χ3n) is 7.01. The molecule has 0 spiro atoms. The van der Waals surface area contributed by atoms with Crippen LogP contribution in [-0.4, -0.2) is 4.98 Å². The first-order chi connectivity index (χ1) is 16.2. The molecule has 0 saturated heterocycles. The van der Waals surface area contributed by atoms with Crippen LogP contribution in [0.1, 0.15) is 11.1 Å². The quantitative estimate of drug-likeness (QED) is 0.247. The maximum Gasteiger partial charge on any atom is 0.144 e. The molecule has 0 N–H and O–H groups in total. The fourth-order valence-electron chi connectivity index (χ4n) is 5.17. The molecule has 0 unspecified atom stereocenters. The molecule has 0 aliphatic rings. The van der Waals surface area contributed by atoms with Crippen LogP contribution in [0.25, 0.3) is 65.5 Å². The van der Waals surface area contributed by atoms with Crippen molar-refractivity contribution in [1.29, 1.82) is 0 Å². The van der Waals surface area contributed by atoms with E-state index in [1.165, 1.54) is 43.4 Å². The van der Waals surface area contributed by atoms with Crippen molar-refractivity contribution in [3.63, 3.8) is 0 Å². The first kappa shape index (κ1) is 18.4. The van der Waals surface area contributed by atoms with Crippen molar-refractivity contribution in [3.05, 3.63) is 102 Å². The summed E-state index contributed by atoms with van der Waals surface area (Å²) in [4.78, 5) is 4.71. The van der Waals surface area contributed by atoms with E-state index in [-0.39, 0.29) is 0 Å². The van der Waals surface area contributed by atoms with Gasteiger partial charge in [0.15, 0.2) is 0 Å². The standard InChI is InChI=1S/C31H21NO/c1-18-14-29(32-17-19(18)2)25-13-7-12-24-28-15-26-22-10-5-3-8-20(22)21-9-4-6-11-23(21)27(26)16-30(28)33-31(24)25/h3-17H,1-2H3. The van der Waals surface area contributed by atoms with E-state index in [0.717, 1.165) is 33.2 Å². The Morgan fingerprint density at radius 3 is 1.82 bits per heavy atom. The molecule has 0 fully saturated rings. The highest BCUT2D eigenvalue weighted by molar-refractivity contribution is 6.28. The van der Waals surface area contributed by atoms with Crippen molar-refractivity contribution in [2.75, 3.05) is 0 Å². The number of aryl methyl sites for hydroxylation is 2. The summed E-state index contributed by atoms with van der Waals surface area (Å²) in [5, 5.41) is 9.84. The van der Waals surface area contributed by atoms with Crippen molar-refractivity contribution in [3.8, 4) is 11.3 Å². The number of rotatable bonds is 1. The first-order valence-corrected chi connectivity index (χ1v) is 11.3. The number of pyridine rings is 1. The van der Waals surface area contributed by atoms with Gasteiger partial charge in [-0.3, -0.25) is 4.98 Å². The zero-order valence-corrected chi connectivity index (χ0v) is 18.5. The van der Waals surface area contributed by atoms with E-state index in [0.29, 0.717) is 0 Å². The molecule has 2 heterocycles. The lowest BCUT2D eigenvalue weighted by Gasteiger charge is -2.10. The largest absolute Gasteiger partial charge is 0.455 e. The number of hydrogen-bond donors (Lipinski definition) is 0. The van der Waals surface area contributed by atoms with Crippen molar-refractivity contribution in [2.45, 2.75) is 13.8 Å². The number of hydrogen-bond acceptors (Lipinski definition) is 2. The molecule has 0 amide bonds. The Morgan fingerprint density at radius 1 is 0.545 bits per heavy atom. The number of nitrogens with zero attached hydrogens (tertiary/aromatic N) is 1. The van der Waals surface area contributed by atoms with Gasteiger partial charge >= 0.3 is 0 Å². The number of aromatic nitrogens is 1. The molecule has 0 saturated carbocycles. The van der Waals surface area contributed by atoms with Crippen LogP contribution in [0.15, 0.2) is 95.5 Å². The van der Waals surface area contributed by atoms with Gasteiger partial charge in [-0.25, -0.2) is 0 Å². The van der Waals surface area contributed by atoms with E-state index in [2.05, 4.69) is 98.8 Å². The van der Waals surface area contributed by atoms with Gasteiger partial charge in [0.1, 0.15) is 11.2 Å². The smallest absolute Gasteiger partial charge is 0.144 e. The summed E-state index contributed by atoms with van der Waals surface area (Å²) in [6, 6.07) is 30.4. The highest BCUT2D eigenvalue weighted by atomic mass is 16.3. The van der Waals surface area contributed by atoms with Crippen LogP contribution in [0.2, 0.25) is 0 Å². The second-order valence-electron chi connectivity index (χ2n) is 8.92. The Morgan fingerprint density at radius 2 is 1.15 bits per heavy atom. The molecule has 0 atom stereocenters. The predicted octanol–water partition coefficient (Wildman–Crippen LogP) is 8.72. The average molecular weight is 424 g/mol. The van der Waals surface area contributed by atoms with Gasteiger partial charge in [-0.1, -0.05) is 60.7 Å². The summed E-state index contributed by atoms with van der Waals surface area (Å²) in [7, 11) is 0. The Labute approximate surface area is 191 Å². The molecule has 156 valence electrons. The summed E-state index contributed by atoms with van der Waals surface area (Å²) in [6.07, 6.45) is 1.94. The first-order valence-electron chi connectivity index (χ1n) is 11.3. The van der Waals surface area contributed by atoms with Crippen LogP contribution in [0, 0.1) is 13.8 Å². The van der Waals surface area contributed by atoms with Gasteiger partial charge in [-0.2, -0.15) is 0 Å². The maximum absolute atomic E-state index is 6.54. The van der Waals surface area contributed by atoms with Gasteiger partial charge < -0.3 is 4.42 Å². The molecule has 33 heavy (non-hydrogen) atoms. The van der Waals surface area contributed by atoms with Crippen LogP contribution < -0.4 is 0 Å². The molecule has 7 rings (SSSR count). The lowest BCUT2D eigenvalue weighted by atomic mass is 9.93. The predicted molar refractivity (Wildman–Crippen MR) is 139 cm³/mol. The molecule has 0 aliphatic heterocycles. The van der Waals surface area contributed by atoms with Gasteiger partial charge in [-0.05, 0) is 81.6 Å². The van der Waals surface area contributed by atoms with Crippen molar-refractivity contribution in [2.24, 2.45) is 0 Å². The molecular formula is C31H21NO. The molecule has 2 nitrogen and oxygen atoms in total. The Bertz CT molecular complexity index is 1890. The molecule has 0 aliphatic carbocycles. The van der Waals surface area contributed by atoms with E-state index in [1.54, 1.807) is 0 Å². The zero-order valence-electron chi connectivity index (χ0n) is 18.5. The van der Waals surface area contributed by atoms with E-state index in [9.17, 15) is 0 Å². The topological polar surface area (TPSA) is 26.0 Å². The van der Waals surface area contributed by atoms with Crippen LogP contribution in [0.3, 0.4) is 0 Å². The summed E-state index contributed by atoms with van der Waals surface area (Å²) >= 11 is 0. The van der Waals surface area contributed by atoms with Crippen LogP contribution in [-0.2, 0) is 0 Å². The Kier molecular flexibility index (Phi) is 3.72. The minimum absolute atomic E-state index is 0.896. The van der Waals surface area contributed by atoms with Crippen molar-refractivity contribution < 1.29 is 4.42 Å². The molecule has 0 bridgehead atoms. The SMILES string of the molecule is Cc1cnc(-c2cccc3c2oc2cc4c5ccccc5c5ccccc5c4cc23)cc1C.